The molecule has 3 nitrogen and oxygen atoms in total. The van der Waals surface area contributed by atoms with Crippen LogP contribution in [0.1, 0.15) is 71.6 Å². The van der Waals surface area contributed by atoms with Gasteiger partial charge in [-0.2, -0.15) is 0 Å². The minimum atomic E-state index is -0.637. The van der Waals surface area contributed by atoms with Crippen molar-refractivity contribution < 1.29 is 9.90 Å². The minimum Gasteiger partial charge on any atom is -0.481 e. The average Bonchev–Trinajstić information content (AvgIpc) is 2.45. The Bertz CT molecular complexity index is 329. The van der Waals surface area contributed by atoms with E-state index in [1.54, 1.807) is 0 Å². The van der Waals surface area contributed by atoms with E-state index < -0.39 is 5.97 Å². The molecule has 0 aromatic heterocycles. The zero-order valence-electron chi connectivity index (χ0n) is 13.9. The lowest BCUT2D eigenvalue weighted by atomic mass is 9.79. The van der Waals surface area contributed by atoms with E-state index in [0.717, 1.165) is 30.8 Å². The van der Waals surface area contributed by atoms with Crippen LogP contribution in [0.5, 0.6) is 0 Å². The molecule has 1 saturated heterocycles. The van der Waals surface area contributed by atoms with E-state index in [1.807, 2.05) is 0 Å². The van der Waals surface area contributed by atoms with Crippen LogP contribution in [0.4, 0.5) is 0 Å². The first kappa shape index (κ1) is 16.8. The fraction of sp³-hybridized carbons (Fsp3) is 0.944. The van der Waals surface area contributed by atoms with Crippen molar-refractivity contribution in [2.75, 3.05) is 13.1 Å². The number of piperidine rings is 1. The van der Waals surface area contributed by atoms with Crippen LogP contribution in [0.3, 0.4) is 0 Å². The first-order valence-corrected chi connectivity index (χ1v) is 9.00. The van der Waals surface area contributed by atoms with Crippen molar-refractivity contribution in [3.05, 3.63) is 0 Å². The van der Waals surface area contributed by atoms with Crippen LogP contribution in [-0.2, 0) is 4.79 Å². The lowest BCUT2D eigenvalue weighted by Crippen LogP contribution is -2.45. The van der Waals surface area contributed by atoms with Gasteiger partial charge in [0.15, 0.2) is 0 Å². The van der Waals surface area contributed by atoms with Crippen LogP contribution in [0, 0.1) is 17.8 Å². The molecular weight excluding hydrogens is 262 g/mol. The summed E-state index contributed by atoms with van der Waals surface area (Å²) >= 11 is 0. The van der Waals surface area contributed by atoms with Gasteiger partial charge in [-0.1, -0.05) is 26.7 Å². The Balaban J connectivity index is 1.81. The summed E-state index contributed by atoms with van der Waals surface area (Å²) in [6.45, 7) is 7.06. The molecule has 0 aromatic carbocycles. The Hall–Kier alpha value is -0.570. The van der Waals surface area contributed by atoms with Crippen LogP contribution in [0.15, 0.2) is 0 Å². The Morgan fingerprint density at radius 3 is 2.67 bits per heavy atom. The molecular formula is C18H33NO2. The number of nitrogens with zero attached hydrogens (tertiary/aromatic N) is 1. The highest BCUT2D eigenvalue weighted by Gasteiger charge is 2.30. The van der Waals surface area contributed by atoms with Gasteiger partial charge in [-0.25, -0.2) is 0 Å². The molecule has 1 N–H and O–H groups in total. The Morgan fingerprint density at radius 2 is 1.95 bits per heavy atom. The highest BCUT2D eigenvalue weighted by Crippen LogP contribution is 2.34. The van der Waals surface area contributed by atoms with Gasteiger partial charge in [-0.15, -0.1) is 0 Å². The molecule has 2 fully saturated rings. The van der Waals surface area contributed by atoms with Gasteiger partial charge in [0.25, 0.3) is 0 Å². The molecule has 2 aliphatic rings. The van der Waals surface area contributed by atoms with Crippen LogP contribution >= 0.6 is 0 Å². The summed E-state index contributed by atoms with van der Waals surface area (Å²) in [7, 11) is 0. The van der Waals surface area contributed by atoms with Crippen molar-refractivity contribution in [2.45, 2.75) is 77.7 Å². The fourth-order valence-corrected chi connectivity index (χ4v) is 4.47. The zero-order chi connectivity index (χ0) is 15.2. The third kappa shape index (κ3) is 5.61. The second kappa shape index (κ2) is 8.17. The highest BCUT2D eigenvalue weighted by molar-refractivity contribution is 5.66. The van der Waals surface area contributed by atoms with Crippen LogP contribution in [-0.4, -0.2) is 35.1 Å². The van der Waals surface area contributed by atoms with Crippen molar-refractivity contribution >= 4 is 5.97 Å². The number of likely N-dealkylation sites (tertiary alicyclic amines) is 1. The lowest BCUT2D eigenvalue weighted by Gasteiger charge is -2.42. The number of hydrogen-bond donors (Lipinski definition) is 1. The first-order valence-electron chi connectivity index (χ1n) is 9.00. The number of carbonyl (C=O) groups is 1. The van der Waals surface area contributed by atoms with Gasteiger partial charge in [-0.3, -0.25) is 4.79 Å². The second-order valence-corrected chi connectivity index (χ2v) is 7.75. The quantitative estimate of drug-likeness (QED) is 0.799. The molecule has 0 amide bonds. The number of aliphatic carboxylic acids is 1. The number of rotatable bonds is 6. The molecule has 21 heavy (non-hydrogen) atoms. The molecule has 1 heterocycles. The van der Waals surface area contributed by atoms with E-state index >= 15 is 0 Å². The largest absolute Gasteiger partial charge is 0.481 e. The summed E-state index contributed by atoms with van der Waals surface area (Å²) in [4.78, 5) is 13.5. The van der Waals surface area contributed by atoms with Gasteiger partial charge in [0.05, 0.1) is 0 Å². The van der Waals surface area contributed by atoms with Gasteiger partial charge >= 0.3 is 5.97 Å². The number of hydrogen-bond acceptors (Lipinski definition) is 2. The van der Waals surface area contributed by atoms with E-state index in [1.165, 1.54) is 51.5 Å². The van der Waals surface area contributed by atoms with Crippen molar-refractivity contribution in [1.82, 2.24) is 4.90 Å². The molecule has 0 bridgehead atoms. The molecule has 3 atom stereocenters. The van der Waals surface area contributed by atoms with Gasteiger partial charge in [0, 0.05) is 19.0 Å². The van der Waals surface area contributed by atoms with E-state index in [9.17, 15) is 4.79 Å². The summed E-state index contributed by atoms with van der Waals surface area (Å²) < 4.78 is 0. The SMILES string of the molecule is CC(C)CC1CCCC(N2CCCC(CCC(=O)O)C2)C1. The maximum atomic E-state index is 10.8. The fourth-order valence-electron chi connectivity index (χ4n) is 4.47. The maximum Gasteiger partial charge on any atom is 0.303 e. The van der Waals surface area contributed by atoms with Crippen molar-refractivity contribution in [3.8, 4) is 0 Å². The highest BCUT2D eigenvalue weighted by atomic mass is 16.4. The molecule has 1 saturated carbocycles. The Kier molecular flexibility index (Phi) is 6.53. The van der Waals surface area contributed by atoms with Crippen LogP contribution in [0.25, 0.3) is 0 Å². The van der Waals surface area contributed by atoms with Crippen molar-refractivity contribution in [3.63, 3.8) is 0 Å². The van der Waals surface area contributed by atoms with Gasteiger partial charge < -0.3 is 10.0 Å². The summed E-state index contributed by atoms with van der Waals surface area (Å²) in [6.07, 6.45) is 10.6. The smallest absolute Gasteiger partial charge is 0.303 e. The van der Waals surface area contributed by atoms with E-state index in [2.05, 4.69) is 18.7 Å². The summed E-state index contributed by atoms with van der Waals surface area (Å²) in [5.41, 5.74) is 0. The minimum absolute atomic E-state index is 0.346. The Morgan fingerprint density at radius 1 is 1.19 bits per heavy atom. The molecule has 3 heteroatoms. The molecule has 0 radical (unpaired) electrons. The molecule has 2 rings (SSSR count). The number of carboxylic acids is 1. The zero-order valence-corrected chi connectivity index (χ0v) is 13.9. The standard InChI is InChI=1S/C18H33NO2/c1-14(2)11-16-5-3-7-17(12-16)19-10-4-6-15(13-19)8-9-18(20)21/h14-17H,3-13H2,1-2H3,(H,20,21). The molecule has 0 aromatic rings. The van der Waals surface area contributed by atoms with Crippen molar-refractivity contribution in [1.29, 1.82) is 0 Å². The topological polar surface area (TPSA) is 40.5 Å². The van der Waals surface area contributed by atoms with E-state index in [0.29, 0.717) is 12.3 Å². The summed E-state index contributed by atoms with van der Waals surface area (Å²) in [6, 6.07) is 0.773. The summed E-state index contributed by atoms with van der Waals surface area (Å²) in [5, 5.41) is 8.86. The normalized spacial score (nSPS) is 31.5. The number of carboxylic acid groups (broad SMARTS) is 1. The summed E-state index contributed by atoms with van der Waals surface area (Å²) in [5.74, 6) is 1.71. The van der Waals surface area contributed by atoms with Gasteiger partial charge in [0.1, 0.15) is 0 Å². The van der Waals surface area contributed by atoms with Gasteiger partial charge in [0.2, 0.25) is 0 Å². The molecule has 122 valence electrons. The predicted octanol–water partition coefficient (Wildman–Crippen LogP) is 4.17. The maximum absolute atomic E-state index is 10.8. The third-order valence-electron chi connectivity index (χ3n) is 5.39. The second-order valence-electron chi connectivity index (χ2n) is 7.75. The lowest BCUT2D eigenvalue weighted by molar-refractivity contribution is -0.137. The van der Waals surface area contributed by atoms with Crippen molar-refractivity contribution in [2.24, 2.45) is 17.8 Å². The first-order chi connectivity index (χ1) is 10.0. The van der Waals surface area contributed by atoms with Crippen LogP contribution in [0.2, 0.25) is 0 Å². The molecule has 0 spiro atoms. The Labute approximate surface area is 130 Å². The average molecular weight is 295 g/mol. The molecule has 1 aliphatic carbocycles. The van der Waals surface area contributed by atoms with E-state index in [-0.39, 0.29) is 0 Å². The molecule has 1 aliphatic heterocycles. The predicted molar refractivity (Wildman–Crippen MR) is 86.4 cm³/mol. The van der Waals surface area contributed by atoms with E-state index in [4.69, 9.17) is 5.11 Å². The molecule has 3 unspecified atom stereocenters. The third-order valence-corrected chi connectivity index (χ3v) is 5.39. The van der Waals surface area contributed by atoms with Crippen LogP contribution < -0.4 is 0 Å². The van der Waals surface area contributed by atoms with Gasteiger partial charge in [-0.05, 0) is 62.8 Å². The monoisotopic (exact) mass is 295 g/mol.